The van der Waals surface area contributed by atoms with Crippen molar-refractivity contribution in [1.82, 2.24) is 5.32 Å². The third-order valence-electron chi connectivity index (χ3n) is 5.02. The highest BCUT2D eigenvalue weighted by molar-refractivity contribution is 8.00. The molecule has 1 aliphatic heterocycles. The van der Waals surface area contributed by atoms with Crippen LogP contribution in [0.25, 0.3) is 0 Å². The van der Waals surface area contributed by atoms with Gasteiger partial charge in [-0.05, 0) is 62.1 Å². The topological polar surface area (TPSA) is 67.4 Å². The molecule has 1 aliphatic rings. The normalized spacial score (nSPS) is 15.6. The molecule has 6 heteroatoms. The van der Waals surface area contributed by atoms with Crippen molar-refractivity contribution in [3.8, 4) is 0 Å². The lowest BCUT2D eigenvalue weighted by Gasteiger charge is -2.36. The molecule has 0 spiro atoms. The first-order valence-corrected chi connectivity index (χ1v) is 10.3. The summed E-state index contributed by atoms with van der Waals surface area (Å²) in [5.41, 5.74) is 2.84. The number of aryl methyl sites for hydroxylation is 2. The van der Waals surface area contributed by atoms with Gasteiger partial charge in [-0.3, -0.25) is 9.59 Å². The van der Waals surface area contributed by atoms with Gasteiger partial charge < -0.3 is 15.4 Å². The van der Waals surface area contributed by atoms with Crippen molar-refractivity contribution < 1.29 is 14.3 Å². The van der Waals surface area contributed by atoms with Gasteiger partial charge in [0.1, 0.15) is 0 Å². The lowest BCUT2D eigenvalue weighted by molar-refractivity contribution is -0.136. The first-order chi connectivity index (χ1) is 13.5. The Hall–Kier alpha value is -2.31. The fourth-order valence-corrected chi connectivity index (χ4v) is 4.43. The monoisotopic (exact) mass is 398 g/mol. The number of rotatable bonds is 5. The molecule has 0 radical (unpaired) electrons. The lowest BCUT2D eigenvalue weighted by atomic mass is 9.99. The highest BCUT2D eigenvalue weighted by atomic mass is 32.2. The molecule has 0 unspecified atom stereocenters. The maximum absolute atomic E-state index is 12.4. The molecule has 148 valence electrons. The number of carbonyl (C=O) groups excluding carboxylic acids is 2. The van der Waals surface area contributed by atoms with Crippen molar-refractivity contribution in [2.24, 2.45) is 0 Å². The van der Waals surface area contributed by atoms with E-state index in [-0.39, 0.29) is 4.75 Å². The lowest BCUT2D eigenvalue weighted by Crippen LogP contribution is -2.47. The zero-order valence-corrected chi connectivity index (χ0v) is 17.1. The Balaban J connectivity index is 1.61. The summed E-state index contributed by atoms with van der Waals surface area (Å²) in [6.45, 7) is 5.72. The van der Waals surface area contributed by atoms with E-state index in [1.807, 2.05) is 44.2 Å². The van der Waals surface area contributed by atoms with Crippen LogP contribution in [-0.4, -0.2) is 36.3 Å². The van der Waals surface area contributed by atoms with E-state index >= 15 is 0 Å². The largest absolute Gasteiger partial charge is 0.381 e. The van der Waals surface area contributed by atoms with Gasteiger partial charge in [-0.1, -0.05) is 24.3 Å². The van der Waals surface area contributed by atoms with Crippen molar-refractivity contribution in [1.29, 1.82) is 0 Å². The van der Waals surface area contributed by atoms with E-state index < -0.39 is 11.8 Å². The molecule has 2 N–H and O–H groups in total. The number of hydrogen-bond acceptors (Lipinski definition) is 4. The first-order valence-electron chi connectivity index (χ1n) is 9.46. The Labute approximate surface area is 170 Å². The van der Waals surface area contributed by atoms with Crippen molar-refractivity contribution in [2.45, 2.75) is 36.3 Å². The number of anilines is 1. The second-order valence-corrected chi connectivity index (χ2v) is 8.69. The number of carbonyl (C=O) groups is 2. The minimum Gasteiger partial charge on any atom is -0.381 e. The van der Waals surface area contributed by atoms with Crippen LogP contribution in [0.5, 0.6) is 0 Å². The SMILES string of the molecule is Cc1ccc(NC(=O)C(=O)NCC2(Sc3ccccc3)CCOCC2)cc1C. The summed E-state index contributed by atoms with van der Waals surface area (Å²) in [5, 5.41) is 5.51. The molecular weight excluding hydrogens is 372 g/mol. The molecule has 1 heterocycles. The summed E-state index contributed by atoms with van der Waals surface area (Å²) >= 11 is 1.75. The van der Waals surface area contributed by atoms with Gasteiger partial charge in [0.15, 0.2) is 0 Å². The summed E-state index contributed by atoms with van der Waals surface area (Å²) in [6.07, 6.45) is 1.65. The molecule has 0 aliphatic carbocycles. The predicted molar refractivity (Wildman–Crippen MR) is 113 cm³/mol. The highest BCUT2D eigenvalue weighted by Crippen LogP contribution is 2.40. The zero-order valence-electron chi connectivity index (χ0n) is 16.3. The Kier molecular flexibility index (Phi) is 6.75. The second-order valence-electron chi connectivity index (χ2n) is 7.15. The van der Waals surface area contributed by atoms with E-state index in [0.29, 0.717) is 25.4 Å². The molecule has 0 atom stereocenters. The van der Waals surface area contributed by atoms with Gasteiger partial charge in [0, 0.05) is 35.1 Å². The fraction of sp³-hybridized carbons (Fsp3) is 0.364. The average Bonchev–Trinajstić information content (AvgIpc) is 2.70. The number of nitrogens with one attached hydrogen (secondary N) is 2. The Morgan fingerprint density at radius 2 is 1.71 bits per heavy atom. The van der Waals surface area contributed by atoms with Gasteiger partial charge in [0.05, 0.1) is 0 Å². The molecule has 1 saturated heterocycles. The molecule has 3 rings (SSSR count). The van der Waals surface area contributed by atoms with Gasteiger partial charge in [-0.25, -0.2) is 0 Å². The number of hydrogen-bond donors (Lipinski definition) is 2. The maximum Gasteiger partial charge on any atom is 0.313 e. The molecule has 5 nitrogen and oxygen atoms in total. The molecule has 2 aromatic carbocycles. The third-order valence-corrected chi connectivity index (χ3v) is 6.52. The van der Waals surface area contributed by atoms with Crippen LogP contribution in [0.2, 0.25) is 0 Å². The van der Waals surface area contributed by atoms with Gasteiger partial charge >= 0.3 is 11.8 Å². The van der Waals surface area contributed by atoms with Crippen molar-refractivity contribution in [3.63, 3.8) is 0 Å². The van der Waals surface area contributed by atoms with Crippen molar-refractivity contribution in [3.05, 3.63) is 59.7 Å². The fourth-order valence-electron chi connectivity index (χ4n) is 3.13. The quantitative estimate of drug-likeness (QED) is 0.754. The van der Waals surface area contributed by atoms with E-state index in [2.05, 4.69) is 22.8 Å². The van der Waals surface area contributed by atoms with Gasteiger partial charge in [0.2, 0.25) is 0 Å². The molecule has 2 amide bonds. The van der Waals surface area contributed by atoms with Crippen LogP contribution in [0.15, 0.2) is 53.4 Å². The minimum atomic E-state index is -0.643. The van der Waals surface area contributed by atoms with Crippen LogP contribution in [0.3, 0.4) is 0 Å². The van der Waals surface area contributed by atoms with E-state index in [9.17, 15) is 9.59 Å². The maximum atomic E-state index is 12.4. The summed E-state index contributed by atoms with van der Waals surface area (Å²) in [7, 11) is 0. The average molecular weight is 399 g/mol. The standard InChI is InChI=1S/C22H26N2O3S/c1-16-8-9-18(14-17(16)2)24-21(26)20(25)23-15-22(10-12-27-13-11-22)28-19-6-4-3-5-7-19/h3-9,14H,10-13,15H2,1-2H3,(H,23,25)(H,24,26). The van der Waals surface area contributed by atoms with Crippen LogP contribution < -0.4 is 10.6 Å². The van der Waals surface area contributed by atoms with E-state index in [4.69, 9.17) is 4.74 Å². The van der Waals surface area contributed by atoms with Crippen LogP contribution in [0.4, 0.5) is 5.69 Å². The molecule has 1 fully saturated rings. The van der Waals surface area contributed by atoms with Crippen molar-refractivity contribution >= 4 is 29.3 Å². The van der Waals surface area contributed by atoms with E-state index in [0.717, 1.165) is 28.9 Å². The van der Waals surface area contributed by atoms with E-state index in [1.54, 1.807) is 17.8 Å². The Morgan fingerprint density at radius 3 is 2.39 bits per heavy atom. The summed E-state index contributed by atoms with van der Waals surface area (Å²) < 4.78 is 5.34. The van der Waals surface area contributed by atoms with E-state index in [1.165, 1.54) is 0 Å². The van der Waals surface area contributed by atoms with Crippen LogP contribution in [0.1, 0.15) is 24.0 Å². The molecular formula is C22H26N2O3S. The highest BCUT2D eigenvalue weighted by Gasteiger charge is 2.34. The summed E-state index contributed by atoms with van der Waals surface area (Å²) in [6, 6.07) is 15.7. The molecule has 28 heavy (non-hydrogen) atoms. The number of amides is 2. The van der Waals surface area contributed by atoms with Crippen LogP contribution >= 0.6 is 11.8 Å². The number of thioether (sulfide) groups is 1. The van der Waals surface area contributed by atoms with Gasteiger partial charge in [-0.15, -0.1) is 11.8 Å². The minimum absolute atomic E-state index is 0.171. The Bertz CT molecular complexity index is 833. The van der Waals surface area contributed by atoms with Crippen LogP contribution in [0, 0.1) is 13.8 Å². The summed E-state index contributed by atoms with van der Waals surface area (Å²) in [5.74, 6) is -1.26. The van der Waals surface area contributed by atoms with Gasteiger partial charge in [0.25, 0.3) is 0 Å². The number of ether oxygens (including phenoxy) is 1. The van der Waals surface area contributed by atoms with Crippen LogP contribution in [-0.2, 0) is 14.3 Å². The zero-order chi connectivity index (χ0) is 20.0. The smallest absolute Gasteiger partial charge is 0.313 e. The molecule has 0 aromatic heterocycles. The third kappa shape index (κ3) is 5.36. The Morgan fingerprint density at radius 1 is 1.00 bits per heavy atom. The van der Waals surface area contributed by atoms with Gasteiger partial charge in [-0.2, -0.15) is 0 Å². The predicted octanol–water partition coefficient (Wildman–Crippen LogP) is 3.70. The van der Waals surface area contributed by atoms with Crippen molar-refractivity contribution in [2.75, 3.05) is 25.1 Å². The molecule has 2 aromatic rings. The summed E-state index contributed by atoms with van der Waals surface area (Å²) in [4.78, 5) is 25.8. The first kappa shape index (κ1) is 20.4. The second kappa shape index (κ2) is 9.26. The molecule has 0 bridgehead atoms. The number of benzene rings is 2. The molecule has 0 saturated carbocycles.